The minimum atomic E-state index is -0.550. The highest BCUT2D eigenvalue weighted by Gasteiger charge is 2.06. The maximum Gasteiger partial charge on any atom is 0.250 e. The van der Waals surface area contributed by atoms with Crippen LogP contribution in [-0.2, 0) is 4.79 Å². The lowest BCUT2D eigenvalue weighted by Crippen LogP contribution is -2.32. The summed E-state index contributed by atoms with van der Waals surface area (Å²) in [5.74, 6) is 0.203. The summed E-state index contributed by atoms with van der Waals surface area (Å²) in [6.07, 6.45) is 2.96. The monoisotopic (exact) mass is 385 g/mol. The second-order valence-electron chi connectivity index (χ2n) is 5.34. The van der Waals surface area contributed by atoms with E-state index in [0.717, 1.165) is 5.56 Å². The van der Waals surface area contributed by atoms with Gasteiger partial charge >= 0.3 is 0 Å². The molecule has 0 aliphatic rings. The third-order valence-electron chi connectivity index (χ3n) is 3.48. The molecule has 0 fully saturated rings. The molecule has 0 heterocycles. The van der Waals surface area contributed by atoms with E-state index in [1.807, 2.05) is 0 Å². The van der Waals surface area contributed by atoms with Gasteiger partial charge in [0.1, 0.15) is 0 Å². The first-order chi connectivity index (χ1) is 12.9. The number of benzene rings is 2. The van der Waals surface area contributed by atoms with E-state index in [1.54, 1.807) is 55.7 Å². The third-order valence-corrected chi connectivity index (χ3v) is 3.68. The Morgan fingerprint density at radius 2 is 1.81 bits per heavy atom. The minimum Gasteiger partial charge on any atom is -0.493 e. The van der Waals surface area contributed by atoms with E-state index >= 15 is 0 Å². The summed E-state index contributed by atoms with van der Waals surface area (Å²) < 4.78 is 10.4. The van der Waals surface area contributed by atoms with Gasteiger partial charge in [0, 0.05) is 17.3 Å². The summed E-state index contributed by atoms with van der Waals surface area (Å²) in [7, 11) is 3.09. The number of methoxy groups -OCH3 is 2. The summed E-state index contributed by atoms with van der Waals surface area (Å²) in [6, 6.07) is 11.8. The van der Waals surface area contributed by atoms with Gasteiger partial charge < -0.3 is 20.5 Å². The summed E-state index contributed by atoms with van der Waals surface area (Å²) in [6.45, 7) is 0. The van der Waals surface area contributed by atoms with Gasteiger partial charge in [-0.3, -0.25) is 14.9 Å². The van der Waals surface area contributed by atoms with Crippen LogP contribution in [-0.4, -0.2) is 31.1 Å². The lowest BCUT2D eigenvalue weighted by molar-refractivity contribution is -0.115. The minimum absolute atomic E-state index is 0.0959. The van der Waals surface area contributed by atoms with Crippen LogP contribution in [0.4, 0.5) is 5.69 Å². The molecule has 8 heteroatoms. The normalized spacial score (nSPS) is 10.3. The number of hydrogen-bond acceptors (Lipinski definition) is 5. The molecule has 0 atom stereocenters. The van der Waals surface area contributed by atoms with Crippen LogP contribution >= 0.6 is 12.2 Å². The van der Waals surface area contributed by atoms with Crippen molar-refractivity contribution in [3.63, 3.8) is 0 Å². The molecule has 0 saturated carbocycles. The Hall–Kier alpha value is -3.39. The van der Waals surface area contributed by atoms with Crippen molar-refractivity contribution in [1.82, 2.24) is 5.32 Å². The zero-order valence-electron chi connectivity index (χ0n) is 14.8. The van der Waals surface area contributed by atoms with Crippen LogP contribution in [0.5, 0.6) is 11.5 Å². The molecule has 0 radical (unpaired) electrons. The molecule has 0 aliphatic carbocycles. The molecular weight excluding hydrogens is 366 g/mol. The van der Waals surface area contributed by atoms with E-state index in [9.17, 15) is 9.59 Å². The molecule has 140 valence electrons. The predicted octanol–water partition coefficient (Wildman–Crippen LogP) is 2.33. The summed E-state index contributed by atoms with van der Waals surface area (Å²) >= 11 is 5.09. The molecule has 0 unspecified atom stereocenters. The fourth-order valence-corrected chi connectivity index (χ4v) is 2.41. The molecule has 0 saturated heterocycles. The number of thiocarbonyl (C=S) groups is 1. The van der Waals surface area contributed by atoms with Gasteiger partial charge in [0.25, 0.3) is 0 Å². The van der Waals surface area contributed by atoms with Crippen LogP contribution in [0.15, 0.2) is 48.5 Å². The molecule has 2 aromatic rings. The smallest absolute Gasteiger partial charge is 0.250 e. The molecule has 2 aromatic carbocycles. The number of primary amides is 1. The Bertz CT molecular complexity index is 896. The number of nitrogens with two attached hydrogens (primary N) is 1. The number of amides is 2. The Balaban J connectivity index is 1.97. The molecule has 27 heavy (non-hydrogen) atoms. The first-order valence-electron chi connectivity index (χ1n) is 7.85. The quantitative estimate of drug-likeness (QED) is 0.521. The first-order valence-corrected chi connectivity index (χ1v) is 8.25. The lowest BCUT2D eigenvalue weighted by Gasteiger charge is -2.09. The van der Waals surface area contributed by atoms with Crippen LogP contribution < -0.4 is 25.8 Å². The van der Waals surface area contributed by atoms with Crippen LogP contribution in [0, 0.1) is 0 Å². The highest BCUT2D eigenvalue weighted by molar-refractivity contribution is 7.80. The van der Waals surface area contributed by atoms with Crippen molar-refractivity contribution in [3.05, 3.63) is 59.7 Å². The lowest BCUT2D eigenvalue weighted by atomic mass is 10.2. The average Bonchev–Trinajstić information content (AvgIpc) is 2.66. The number of ether oxygens (including phenoxy) is 2. The SMILES string of the molecule is COc1ccc(/C=C/C(=O)NC(=S)Nc2cccc(C(N)=O)c2)cc1OC. The van der Waals surface area contributed by atoms with Crippen molar-refractivity contribution in [3.8, 4) is 11.5 Å². The van der Waals surface area contributed by atoms with Crippen LogP contribution in [0.3, 0.4) is 0 Å². The number of nitrogens with one attached hydrogen (secondary N) is 2. The maximum atomic E-state index is 12.0. The van der Waals surface area contributed by atoms with Crippen molar-refractivity contribution in [2.75, 3.05) is 19.5 Å². The largest absolute Gasteiger partial charge is 0.493 e. The van der Waals surface area contributed by atoms with E-state index in [1.165, 1.54) is 13.2 Å². The van der Waals surface area contributed by atoms with E-state index in [-0.39, 0.29) is 5.11 Å². The molecule has 0 aromatic heterocycles. The first kappa shape index (κ1) is 19.9. The van der Waals surface area contributed by atoms with Gasteiger partial charge in [0.15, 0.2) is 16.6 Å². The predicted molar refractivity (Wildman–Crippen MR) is 108 cm³/mol. The fraction of sp³-hybridized carbons (Fsp3) is 0.105. The summed E-state index contributed by atoms with van der Waals surface area (Å²) in [5, 5.41) is 5.44. The Labute approximate surface area is 162 Å². The fourth-order valence-electron chi connectivity index (χ4n) is 2.19. The van der Waals surface area contributed by atoms with Crippen LogP contribution in [0.2, 0.25) is 0 Å². The van der Waals surface area contributed by atoms with E-state index in [4.69, 9.17) is 27.4 Å². The second-order valence-corrected chi connectivity index (χ2v) is 5.74. The molecule has 0 bridgehead atoms. The number of carbonyl (C=O) groups excluding carboxylic acids is 2. The molecular formula is C19H19N3O4S. The average molecular weight is 385 g/mol. The number of anilines is 1. The van der Waals surface area contributed by atoms with Gasteiger partial charge in [0.2, 0.25) is 11.8 Å². The zero-order chi connectivity index (χ0) is 19.8. The van der Waals surface area contributed by atoms with Crippen molar-refractivity contribution >= 4 is 40.9 Å². The van der Waals surface area contributed by atoms with Gasteiger partial charge in [-0.15, -0.1) is 0 Å². The number of hydrogen-bond donors (Lipinski definition) is 3. The molecule has 2 rings (SSSR count). The summed E-state index contributed by atoms with van der Waals surface area (Å²) in [4.78, 5) is 23.2. The maximum absolute atomic E-state index is 12.0. The van der Waals surface area contributed by atoms with Crippen LogP contribution in [0.25, 0.3) is 6.08 Å². The van der Waals surface area contributed by atoms with Crippen molar-refractivity contribution in [2.45, 2.75) is 0 Å². The van der Waals surface area contributed by atoms with Gasteiger partial charge in [-0.05, 0) is 54.2 Å². The van der Waals surface area contributed by atoms with E-state index in [2.05, 4.69) is 10.6 Å². The Morgan fingerprint density at radius 1 is 1.07 bits per heavy atom. The van der Waals surface area contributed by atoms with Crippen molar-refractivity contribution < 1.29 is 19.1 Å². The number of rotatable bonds is 6. The molecule has 7 nitrogen and oxygen atoms in total. The van der Waals surface area contributed by atoms with Crippen molar-refractivity contribution in [2.24, 2.45) is 5.73 Å². The van der Waals surface area contributed by atoms with Crippen molar-refractivity contribution in [1.29, 1.82) is 0 Å². The third kappa shape index (κ3) is 5.82. The highest BCUT2D eigenvalue weighted by atomic mass is 32.1. The second kappa shape index (κ2) is 9.35. The number of carbonyl (C=O) groups is 2. The Kier molecular flexibility index (Phi) is 6.90. The van der Waals surface area contributed by atoms with Gasteiger partial charge in [0.05, 0.1) is 14.2 Å². The van der Waals surface area contributed by atoms with Gasteiger partial charge in [-0.1, -0.05) is 12.1 Å². The van der Waals surface area contributed by atoms with E-state index in [0.29, 0.717) is 22.7 Å². The topological polar surface area (TPSA) is 103 Å². The molecule has 0 aliphatic heterocycles. The van der Waals surface area contributed by atoms with Crippen LogP contribution in [0.1, 0.15) is 15.9 Å². The van der Waals surface area contributed by atoms with Gasteiger partial charge in [-0.25, -0.2) is 0 Å². The molecule has 0 spiro atoms. The van der Waals surface area contributed by atoms with E-state index < -0.39 is 11.8 Å². The Morgan fingerprint density at radius 3 is 2.48 bits per heavy atom. The van der Waals surface area contributed by atoms with Gasteiger partial charge in [-0.2, -0.15) is 0 Å². The standard InChI is InChI=1S/C19H19N3O4S/c1-25-15-8-6-12(10-16(15)26-2)7-9-17(23)22-19(27)21-14-5-3-4-13(11-14)18(20)24/h3-11H,1-2H3,(H2,20,24)(H2,21,22,23,27)/b9-7+. The molecule has 2 amide bonds. The summed E-state index contributed by atoms with van der Waals surface area (Å²) in [5.41, 5.74) is 6.87. The zero-order valence-corrected chi connectivity index (χ0v) is 15.6. The highest BCUT2D eigenvalue weighted by Crippen LogP contribution is 2.27. The molecule has 4 N–H and O–H groups in total.